The number of carbonyl (C=O) groups excluding carboxylic acids is 1. The zero-order valence-corrected chi connectivity index (χ0v) is 23.2. The Morgan fingerprint density at radius 3 is 2.37 bits per heavy atom. The lowest BCUT2D eigenvalue weighted by molar-refractivity contribution is -0.128. The van der Waals surface area contributed by atoms with Crippen molar-refractivity contribution >= 4 is 46.0 Å². The van der Waals surface area contributed by atoms with E-state index in [4.69, 9.17) is 4.52 Å². The standard InChI is InChI=1S/C23H35N4O6PS/c1-22(2,3)11-12-27-19(23(4,5)6)18(28)17(21(27)29)20-24-15-10-9-14(26-35(8,31)32)13-16(15)34(30,25-20)33-7/h9-10,13,19,26,28H,11-12H2,1-8H3,(H,24,25,30). The largest absolute Gasteiger partial charge is 0.509 e. The fourth-order valence-corrected chi connectivity index (χ4v) is 6.27. The van der Waals surface area contributed by atoms with Crippen LogP contribution in [0.5, 0.6) is 0 Å². The second-order valence-corrected chi connectivity index (χ2v) is 15.1. The summed E-state index contributed by atoms with van der Waals surface area (Å²) in [6.45, 7) is 12.5. The summed E-state index contributed by atoms with van der Waals surface area (Å²) in [5.74, 6) is -0.579. The molecule has 10 nitrogen and oxygen atoms in total. The Balaban J connectivity index is 2.08. The van der Waals surface area contributed by atoms with E-state index in [1.54, 1.807) is 4.90 Å². The number of hydrogen-bond donors (Lipinski definition) is 3. The number of sulfonamides is 1. The molecule has 2 aliphatic rings. The van der Waals surface area contributed by atoms with Crippen LogP contribution in [0, 0.1) is 10.8 Å². The molecule has 2 atom stereocenters. The summed E-state index contributed by atoms with van der Waals surface area (Å²) < 4.78 is 48.8. The molecule has 0 spiro atoms. The lowest BCUT2D eigenvalue weighted by atomic mass is 9.84. The van der Waals surface area contributed by atoms with Gasteiger partial charge in [-0.2, -0.15) is 4.76 Å². The Labute approximate surface area is 207 Å². The highest BCUT2D eigenvalue weighted by Gasteiger charge is 2.48. The number of rotatable bonds is 6. The van der Waals surface area contributed by atoms with Crippen LogP contribution in [0.25, 0.3) is 0 Å². The van der Waals surface area contributed by atoms with Crippen LogP contribution < -0.4 is 15.3 Å². The molecule has 0 radical (unpaired) electrons. The maximum atomic E-state index is 13.7. The maximum Gasteiger partial charge on any atom is 0.348 e. The molecule has 2 aliphatic heterocycles. The van der Waals surface area contributed by atoms with E-state index in [1.807, 2.05) is 20.8 Å². The van der Waals surface area contributed by atoms with Gasteiger partial charge in [-0.3, -0.25) is 14.1 Å². The number of carbonyl (C=O) groups is 1. The minimum absolute atomic E-state index is 0.0237. The number of fused-ring (bicyclic) bond motifs is 1. The number of aliphatic hydroxyl groups excluding tert-OH is 1. The first kappa shape index (κ1) is 27.2. The summed E-state index contributed by atoms with van der Waals surface area (Å²) in [5, 5.41) is 14.4. The van der Waals surface area contributed by atoms with E-state index in [2.05, 4.69) is 35.6 Å². The van der Waals surface area contributed by atoms with E-state index in [0.29, 0.717) is 12.2 Å². The van der Waals surface area contributed by atoms with E-state index in [-0.39, 0.29) is 33.6 Å². The Hall–Kier alpha value is -2.36. The van der Waals surface area contributed by atoms with Gasteiger partial charge < -0.3 is 19.8 Å². The van der Waals surface area contributed by atoms with Gasteiger partial charge in [0, 0.05) is 19.3 Å². The monoisotopic (exact) mass is 526 g/mol. The van der Waals surface area contributed by atoms with Gasteiger partial charge in [-0.1, -0.05) is 41.5 Å². The molecule has 2 unspecified atom stereocenters. The van der Waals surface area contributed by atoms with Gasteiger partial charge in [0.2, 0.25) is 10.0 Å². The molecule has 0 bridgehead atoms. The number of amides is 1. The van der Waals surface area contributed by atoms with Crippen LogP contribution in [0.1, 0.15) is 48.0 Å². The van der Waals surface area contributed by atoms with Crippen LogP contribution in [-0.2, 0) is 23.9 Å². The van der Waals surface area contributed by atoms with Gasteiger partial charge in [-0.05, 0) is 35.4 Å². The van der Waals surface area contributed by atoms with Crippen molar-refractivity contribution in [1.82, 2.24) is 4.90 Å². The predicted octanol–water partition coefficient (Wildman–Crippen LogP) is 3.85. The molecule has 0 saturated carbocycles. The molecule has 3 rings (SSSR count). The normalized spacial score (nSPS) is 23.2. The molecule has 0 fully saturated rings. The van der Waals surface area contributed by atoms with Crippen molar-refractivity contribution in [2.75, 3.05) is 29.9 Å². The van der Waals surface area contributed by atoms with Gasteiger partial charge in [0.05, 0.1) is 23.3 Å². The summed E-state index contributed by atoms with van der Waals surface area (Å²) in [4.78, 5) is 15.2. The van der Waals surface area contributed by atoms with E-state index >= 15 is 0 Å². The molecular weight excluding hydrogens is 491 g/mol. The molecule has 2 heterocycles. The number of nitrogens with zero attached hydrogens (tertiary/aromatic N) is 2. The molecule has 35 heavy (non-hydrogen) atoms. The second-order valence-electron chi connectivity index (χ2n) is 11.2. The number of anilines is 2. The van der Waals surface area contributed by atoms with Gasteiger partial charge >= 0.3 is 7.52 Å². The summed E-state index contributed by atoms with van der Waals surface area (Å²) >= 11 is 0. The van der Waals surface area contributed by atoms with Crippen molar-refractivity contribution in [2.45, 2.75) is 54.0 Å². The van der Waals surface area contributed by atoms with Crippen LogP contribution in [-0.4, -0.2) is 56.1 Å². The topological polar surface area (TPSA) is 137 Å². The van der Waals surface area contributed by atoms with Crippen molar-refractivity contribution in [3.8, 4) is 0 Å². The molecule has 1 aromatic carbocycles. The average Bonchev–Trinajstić information content (AvgIpc) is 2.94. The highest BCUT2D eigenvalue weighted by atomic mass is 32.2. The number of hydrogen-bond acceptors (Lipinski definition) is 7. The molecule has 1 aromatic rings. The molecule has 3 N–H and O–H groups in total. The zero-order valence-electron chi connectivity index (χ0n) is 21.5. The fraction of sp³-hybridized carbons (Fsp3) is 0.565. The minimum Gasteiger partial charge on any atom is -0.509 e. The number of amidine groups is 1. The van der Waals surface area contributed by atoms with E-state index in [1.165, 1.54) is 25.3 Å². The number of aliphatic hydroxyl groups is 1. The van der Waals surface area contributed by atoms with Crippen LogP contribution in [0.15, 0.2) is 34.3 Å². The molecular formula is C23H35N4O6PS. The van der Waals surface area contributed by atoms with Crippen LogP contribution in [0.4, 0.5) is 11.4 Å². The van der Waals surface area contributed by atoms with Gasteiger partial charge in [-0.25, -0.2) is 8.42 Å². The first-order valence-electron chi connectivity index (χ1n) is 11.3. The smallest absolute Gasteiger partial charge is 0.348 e. The van der Waals surface area contributed by atoms with Gasteiger partial charge in [0.25, 0.3) is 5.91 Å². The van der Waals surface area contributed by atoms with Crippen molar-refractivity contribution < 1.29 is 27.4 Å². The third kappa shape index (κ3) is 5.73. The van der Waals surface area contributed by atoms with Crippen LogP contribution in [0.2, 0.25) is 0 Å². The lowest BCUT2D eigenvalue weighted by Crippen LogP contribution is -2.45. The molecule has 0 saturated heterocycles. The predicted molar refractivity (Wildman–Crippen MR) is 139 cm³/mol. The van der Waals surface area contributed by atoms with E-state index in [9.17, 15) is 22.9 Å². The average molecular weight is 527 g/mol. The summed E-state index contributed by atoms with van der Waals surface area (Å²) in [6, 6.07) is 3.82. The van der Waals surface area contributed by atoms with Gasteiger partial charge in [0.1, 0.15) is 11.3 Å². The Bertz CT molecular complexity index is 1260. The Kier molecular flexibility index (Phi) is 6.96. The Morgan fingerprint density at radius 1 is 1.23 bits per heavy atom. The SMILES string of the molecule is COP1(=O)N=C(C2=C(O)C(C(C)(C)C)N(CCC(C)(C)C)C2=O)Nc2ccc(NS(C)(=O)=O)cc21. The van der Waals surface area contributed by atoms with Crippen molar-refractivity contribution in [1.29, 1.82) is 0 Å². The van der Waals surface area contributed by atoms with Crippen molar-refractivity contribution in [2.24, 2.45) is 15.6 Å². The molecule has 0 aromatic heterocycles. The lowest BCUT2D eigenvalue weighted by Gasteiger charge is -2.36. The second kappa shape index (κ2) is 8.94. The highest BCUT2D eigenvalue weighted by Crippen LogP contribution is 2.52. The van der Waals surface area contributed by atoms with Crippen LogP contribution in [0.3, 0.4) is 0 Å². The zero-order chi connectivity index (χ0) is 26.6. The first-order valence-corrected chi connectivity index (χ1v) is 14.7. The fourth-order valence-electron chi connectivity index (χ4n) is 4.18. The summed E-state index contributed by atoms with van der Waals surface area (Å²) in [6.07, 6.45) is 1.73. The molecule has 194 valence electrons. The Morgan fingerprint density at radius 2 is 1.86 bits per heavy atom. The van der Waals surface area contributed by atoms with Crippen LogP contribution >= 0.6 is 7.52 Å². The molecule has 0 aliphatic carbocycles. The van der Waals surface area contributed by atoms with Crippen molar-refractivity contribution in [3.63, 3.8) is 0 Å². The first-order chi connectivity index (χ1) is 15.9. The molecule has 1 amide bonds. The van der Waals surface area contributed by atoms with E-state index in [0.717, 1.165) is 12.7 Å². The van der Waals surface area contributed by atoms with E-state index < -0.39 is 34.9 Å². The highest BCUT2D eigenvalue weighted by molar-refractivity contribution is 7.92. The summed E-state index contributed by atoms with van der Waals surface area (Å²) in [5.41, 5.74) is 0.00495. The number of nitrogens with one attached hydrogen (secondary N) is 2. The minimum atomic E-state index is -3.89. The van der Waals surface area contributed by atoms with Gasteiger partial charge in [0.15, 0.2) is 5.84 Å². The maximum absolute atomic E-state index is 13.7. The quantitative estimate of drug-likeness (QED) is 0.479. The third-order valence-corrected chi connectivity index (χ3v) is 8.34. The molecule has 12 heteroatoms. The van der Waals surface area contributed by atoms with Crippen molar-refractivity contribution in [3.05, 3.63) is 29.5 Å². The third-order valence-electron chi connectivity index (χ3n) is 5.80. The summed E-state index contributed by atoms with van der Waals surface area (Å²) in [7, 11) is -6.21. The number of benzene rings is 1. The van der Waals surface area contributed by atoms with Gasteiger partial charge in [-0.15, -0.1) is 0 Å².